The van der Waals surface area contributed by atoms with Crippen molar-refractivity contribution in [2.75, 3.05) is 11.5 Å². The number of carbonyl (C=O) groups is 2. The van der Waals surface area contributed by atoms with Crippen LogP contribution in [0, 0.1) is 5.82 Å². The number of hydrogen-bond donors (Lipinski definition) is 0. The van der Waals surface area contributed by atoms with Gasteiger partial charge in [0, 0.05) is 0 Å². The van der Waals surface area contributed by atoms with E-state index >= 15 is 0 Å². The van der Waals surface area contributed by atoms with Gasteiger partial charge in [-0.1, -0.05) is 31.2 Å². The lowest BCUT2D eigenvalue weighted by molar-refractivity contribution is -0.119. The van der Waals surface area contributed by atoms with Crippen LogP contribution in [0.3, 0.4) is 0 Å². The van der Waals surface area contributed by atoms with E-state index in [9.17, 15) is 14.0 Å². The Hall–Kier alpha value is -3.32. The Balaban J connectivity index is 1.74. The van der Waals surface area contributed by atoms with Gasteiger partial charge in [0.1, 0.15) is 17.3 Å². The smallest absolute Gasteiger partial charge is 0.272 e. The minimum absolute atomic E-state index is 0.242. The maximum absolute atomic E-state index is 13.5. The molecule has 0 saturated carbocycles. The van der Waals surface area contributed by atoms with Crippen molar-refractivity contribution >= 4 is 34.8 Å². The molecular formula is C24H20FNO4S. The summed E-state index contributed by atoms with van der Waals surface area (Å²) in [4.78, 5) is 28.3. The van der Waals surface area contributed by atoms with Crippen LogP contribution < -0.4 is 9.64 Å². The average molecular weight is 437 g/mol. The molecule has 31 heavy (non-hydrogen) atoms. The monoisotopic (exact) mass is 437 g/mol. The number of benzene rings is 2. The average Bonchev–Trinajstić information content (AvgIpc) is 3.38. The fourth-order valence-electron chi connectivity index (χ4n) is 3.25. The fraction of sp³-hybridized carbons (Fsp3) is 0.167. The van der Waals surface area contributed by atoms with Gasteiger partial charge in [0.25, 0.3) is 11.8 Å². The molecule has 0 spiro atoms. The zero-order valence-electron chi connectivity index (χ0n) is 16.8. The number of imide groups is 1. The number of amides is 2. The van der Waals surface area contributed by atoms with Gasteiger partial charge >= 0.3 is 0 Å². The highest BCUT2D eigenvalue weighted by atomic mass is 32.2. The Kier molecular flexibility index (Phi) is 6.23. The molecule has 0 saturated heterocycles. The third-order valence-electron chi connectivity index (χ3n) is 4.68. The maximum Gasteiger partial charge on any atom is 0.272 e. The van der Waals surface area contributed by atoms with Gasteiger partial charge in [0.05, 0.1) is 34.8 Å². The molecule has 0 aliphatic carbocycles. The van der Waals surface area contributed by atoms with Crippen molar-refractivity contribution in [1.29, 1.82) is 0 Å². The van der Waals surface area contributed by atoms with Crippen molar-refractivity contribution in [2.24, 2.45) is 0 Å². The molecule has 2 heterocycles. The van der Waals surface area contributed by atoms with E-state index in [2.05, 4.69) is 0 Å². The van der Waals surface area contributed by atoms with Gasteiger partial charge < -0.3 is 9.15 Å². The Morgan fingerprint density at radius 2 is 1.77 bits per heavy atom. The second kappa shape index (κ2) is 9.22. The summed E-state index contributed by atoms with van der Waals surface area (Å²) in [7, 11) is 0. The first-order valence-electron chi connectivity index (χ1n) is 9.86. The molecule has 1 aromatic heterocycles. The van der Waals surface area contributed by atoms with Crippen LogP contribution >= 0.6 is 11.8 Å². The van der Waals surface area contributed by atoms with Crippen LogP contribution in [0.5, 0.6) is 5.75 Å². The molecular weight excluding hydrogens is 417 g/mol. The fourth-order valence-corrected chi connectivity index (χ4v) is 4.26. The van der Waals surface area contributed by atoms with Gasteiger partial charge in [-0.05, 0) is 48.4 Å². The number of rotatable bonds is 8. The zero-order valence-corrected chi connectivity index (χ0v) is 17.7. The van der Waals surface area contributed by atoms with Crippen LogP contribution in [0.15, 0.2) is 76.2 Å². The number of thioether (sulfide) groups is 1. The number of ether oxygens (including phenoxy) is 1. The highest BCUT2D eigenvalue weighted by Gasteiger charge is 2.41. The number of carbonyl (C=O) groups excluding carboxylic acids is 2. The molecule has 0 atom stereocenters. The standard InChI is InChI=1S/C24H20FNO4S/c1-2-13-30-20-8-4-3-7-19(20)26-23(27)21(16-9-11-17(25)12-10-16)22(24(26)28)31-15-18-6-5-14-29-18/h3-12,14H,2,13,15H2,1H3. The molecule has 0 bridgehead atoms. The van der Waals surface area contributed by atoms with Gasteiger partial charge in [-0.3, -0.25) is 9.59 Å². The van der Waals surface area contributed by atoms with Crippen LogP contribution in [0.4, 0.5) is 10.1 Å². The molecule has 3 aromatic rings. The number of anilines is 1. The molecule has 5 nitrogen and oxygen atoms in total. The summed E-state index contributed by atoms with van der Waals surface area (Å²) < 4.78 is 24.6. The van der Waals surface area contributed by atoms with E-state index in [0.29, 0.717) is 40.0 Å². The predicted octanol–water partition coefficient (Wildman–Crippen LogP) is 5.43. The van der Waals surface area contributed by atoms with E-state index in [1.54, 1.807) is 42.7 Å². The summed E-state index contributed by atoms with van der Waals surface area (Å²) in [5.41, 5.74) is 1.11. The minimum atomic E-state index is -0.467. The van der Waals surface area contributed by atoms with Gasteiger partial charge in [0.2, 0.25) is 0 Å². The number of hydrogen-bond acceptors (Lipinski definition) is 5. The Morgan fingerprint density at radius 3 is 2.48 bits per heavy atom. The lowest BCUT2D eigenvalue weighted by Gasteiger charge is -2.19. The van der Waals surface area contributed by atoms with E-state index < -0.39 is 17.6 Å². The third kappa shape index (κ3) is 4.27. The topological polar surface area (TPSA) is 59.8 Å². The summed E-state index contributed by atoms with van der Waals surface area (Å²) in [5.74, 6) is 0.206. The van der Waals surface area contributed by atoms with E-state index in [4.69, 9.17) is 9.15 Å². The van der Waals surface area contributed by atoms with Crippen LogP contribution in [-0.2, 0) is 15.3 Å². The number of para-hydroxylation sites is 2. The molecule has 158 valence electrons. The second-order valence-corrected chi connectivity index (χ2v) is 7.83. The molecule has 4 rings (SSSR count). The molecule has 0 unspecified atom stereocenters. The highest BCUT2D eigenvalue weighted by molar-refractivity contribution is 8.03. The summed E-state index contributed by atoms with van der Waals surface area (Å²) in [5, 5.41) is 0. The number of nitrogens with zero attached hydrogens (tertiary/aromatic N) is 1. The summed E-state index contributed by atoms with van der Waals surface area (Å²) in [6.45, 7) is 2.44. The minimum Gasteiger partial charge on any atom is -0.491 e. The molecule has 2 aromatic carbocycles. The molecule has 1 aliphatic heterocycles. The van der Waals surface area contributed by atoms with Crippen LogP contribution in [0.1, 0.15) is 24.7 Å². The van der Waals surface area contributed by atoms with Gasteiger partial charge in [-0.15, -0.1) is 11.8 Å². The lowest BCUT2D eigenvalue weighted by atomic mass is 10.1. The van der Waals surface area contributed by atoms with Crippen molar-refractivity contribution < 1.29 is 23.1 Å². The quantitative estimate of drug-likeness (QED) is 0.440. The van der Waals surface area contributed by atoms with Crippen molar-refractivity contribution in [3.05, 3.63) is 89.0 Å². The lowest BCUT2D eigenvalue weighted by Crippen LogP contribution is -2.31. The predicted molar refractivity (Wildman–Crippen MR) is 118 cm³/mol. The van der Waals surface area contributed by atoms with E-state index in [1.807, 2.05) is 6.92 Å². The zero-order chi connectivity index (χ0) is 21.8. The van der Waals surface area contributed by atoms with Crippen molar-refractivity contribution in [1.82, 2.24) is 0 Å². The van der Waals surface area contributed by atoms with Crippen LogP contribution in [0.2, 0.25) is 0 Å². The first kappa shape index (κ1) is 20.9. The molecule has 0 radical (unpaired) electrons. The number of furan rings is 1. The van der Waals surface area contributed by atoms with Crippen molar-refractivity contribution in [3.63, 3.8) is 0 Å². The Labute approximate surface area is 183 Å². The number of halogens is 1. The Morgan fingerprint density at radius 1 is 1.00 bits per heavy atom. The van der Waals surface area contributed by atoms with E-state index in [1.165, 1.54) is 36.0 Å². The molecule has 2 amide bonds. The normalized spacial score (nSPS) is 13.9. The third-order valence-corrected chi connectivity index (χ3v) is 5.78. The van der Waals surface area contributed by atoms with Gasteiger partial charge in [-0.25, -0.2) is 9.29 Å². The van der Waals surface area contributed by atoms with E-state index in [-0.39, 0.29) is 5.57 Å². The highest BCUT2D eigenvalue weighted by Crippen LogP contribution is 2.42. The molecule has 0 fully saturated rings. The summed E-state index contributed by atoms with van der Waals surface area (Å²) in [6.07, 6.45) is 2.35. The largest absolute Gasteiger partial charge is 0.491 e. The van der Waals surface area contributed by atoms with Gasteiger partial charge in [-0.2, -0.15) is 0 Å². The van der Waals surface area contributed by atoms with Crippen LogP contribution in [-0.4, -0.2) is 18.4 Å². The van der Waals surface area contributed by atoms with E-state index in [0.717, 1.165) is 11.3 Å². The first-order valence-corrected chi connectivity index (χ1v) is 10.8. The molecule has 7 heteroatoms. The first-order chi connectivity index (χ1) is 15.1. The van der Waals surface area contributed by atoms with Crippen molar-refractivity contribution in [3.8, 4) is 5.75 Å². The second-order valence-electron chi connectivity index (χ2n) is 6.84. The Bertz CT molecular complexity index is 1120. The molecule has 1 aliphatic rings. The SMILES string of the molecule is CCCOc1ccccc1N1C(=O)C(SCc2ccco2)=C(c2ccc(F)cc2)C1=O. The van der Waals surface area contributed by atoms with Gasteiger partial charge in [0.15, 0.2) is 0 Å². The molecule has 0 N–H and O–H groups in total. The summed E-state index contributed by atoms with van der Waals surface area (Å²) >= 11 is 1.22. The maximum atomic E-state index is 13.5. The van der Waals surface area contributed by atoms with Crippen molar-refractivity contribution in [2.45, 2.75) is 19.1 Å². The van der Waals surface area contributed by atoms with Crippen LogP contribution in [0.25, 0.3) is 5.57 Å². The summed E-state index contributed by atoms with van der Waals surface area (Å²) in [6, 6.07) is 16.1.